The number of nitro benzene ring substituents is 1. The molecule has 0 spiro atoms. The van der Waals surface area contributed by atoms with E-state index in [2.05, 4.69) is 22.0 Å². The molecular weight excluding hydrogens is 312 g/mol. The molecule has 1 heterocycles. The third kappa shape index (κ3) is 3.22. The van der Waals surface area contributed by atoms with Gasteiger partial charge in [0.2, 0.25) is 0 Å². The van der Waals surface area contributed by atoms with Gasteiger partial charge in [0.05, 0.1) is 17.5 Å². The summed E-state index contributed by atoms with van der Waals surface area (Å²) in [6, 6.07) is 7.09. The Balaban J connectivity index is 2.17. The monoisotopic (exact) mass is 324 g/mol. The van der Waals surface area contributed by atoms with Crippen LogP contribution in [0.3, 0.4) is 0 Å². The molecule has 0 bridgehead atoms. The van der Waals surface area contributed by atoms with Crippen LogP contribution in [0.2, 0.25) is 0 Å². The summed E-state index contributed by atoms with van der Waals surface area (Å²) < 4.78 is 0.826. The molecule has 0 aromatic heterocycles. The van der Waals surface area contributed by atoms with Crippen LogP contribution in [0.15, 0.2) is 22.7 Å². The summed E-state index contributed by atoms with van der Waals surface area (Å²) in [5.41, 5.74) is 0.757. The highest BCUT2D eigenvalue weighted by Crippen LogP contribution is 2.31. The molecule has 1 aromatic carbocycles. The minimum Gasteiger partial charge on any atom is -0.363 e. The highest BCUT2D eigenvalue weighted by atomic mass is 79.9. The molecule has 0 aliphatic carbocycles. The highest BCUT2D eigenvalue weighted by molar-refractivity contribution is 9.10. The maximum absolute atomic E-state index is 11.1. The van der Waals surface area contributed by atoms with Gasteiger partial charge in [-0.15, -0.1) is 0 Å². The van der Waals surface area contributed by atoms with E-state index in [0.717, 1.165) is 17.6 Å². The average molecular weight is 325 g/mol. The van der Waals surface area contributed by atoms with Crippen LogP contribution in [0.1, 0.15) is 0 Å². The van der Waals surface area contributed by atoms with Gasteiger partial charge in [0.1, 0.15) is 5.69 Å². The zero-order valence-corrected chi connectivity index (χ0v) is 11.8. The number of hydrogen-bond donors (Lipinski definition) is 0. The molecule has 19 heavy (non-hydrogen) atoms. The first-order valence-corrected chi connectivity index (χ1v) is 6.69. The molecule has 1 fully saturated rings. The van der Waals surface area contributed by atoms with Crippen molar-refractivity contribution in [3.8, 4) is 6.07 Å². The first-order valence-electron chi connectivity index (χ1n) is 5.90. The van der Waals surface area contributed by atoms with E-state index in [-0.39, 0.29) is 10.6 Å². The Morgan fingerprint density at radius 1 is 1.37 bits per heavy atom. The maximum atomic E-state index is 11.1. The zero-order chi connectivity index (χ0) is 13.8. The predicted molar refractivity (Wildman–Crippen MR) is 75.1 cm³/mol. The fourth-order valence-corrected chi connectivity index (χ4v) is 2.50. The summed E-state index contributed by atoms with van der Waals surface area (Å²) in [5, 5.41) is 19.7. The topological polar surface area (TPSA) is 73.4 Å². The Hall–Kier alpha value is -1.65. The average Bonchev–Trinajstić information content (AvgIpc) is 2.39. The van der Waals surface area contributed by atoms with Crippen LogP contribution >= 0.6 is 15.9 Å². The van der Waals surface area contributed by atoms with Crippen molar-refractivity contribution in [3.63, 3.8) is 0 Å². The van der Waals surface area contributed by atoms with Gasteiger partial charge in [-0.25, -0.2) is 0 Å². The maximum Gasteiger partial charge on any atom is 0.292 e. The second-order valence-corrected chi connectivity index (χ2v) is 5.23. The molecule has 0 unspecified atom stereocenters. The third-order valence-corrected chi connectivity index (χ3v) is 3.63. The normalized spacial score (nSPS) is 16.1. The lowest BCUT2D eigenvalue weighted by atomic mass is 10.2. The second kappa shape index (κ2) is 5.99. The number of nitro groups is 1. The van der Waals surface area contributed by atoms with Gasteiger partial charge in [0.25, 0.3) is 5.69 Å². The van der Waals surface area contributed by atoms with Gasteiger partial charge in [-0.05, 0) is 12.1 Å². The first-order chi connectivity index (χ1) is 9.11. The van der Waals surface area contributed by atoms with Gasteiger partial charge in [-0.1, -0.05) is 15.9 Å². The lowest BCUT2D eigenvalue weighted by molar-refractivity contribution is -0.384. The molecule has 0 radical (unpaired) electrons. The molecule has 0 atom stereocenters. The van der Waals surface area contributed by atoms with Crippen molar-refractivity contribution in [2.45, 2.75) is 0 Å². The molecule has 100 valence electrons. The first kappa shape index (κ1) is 13.8. The Morgan fingerprint density at radius 2 is 2.05 bits per heavy atom. The molecule has 0 N–H and O–H groups in total. The Labute approximate surface area is 119 Å². The number of hydrogen-bond acceptors (Lipinski definition) is 5. The van der Waals surface area contributed by atoms with Crippen molar-refractivity contribution in [3.05, 3.63) is 32.8 Å². The van der Waals surface area contributed by atoms with E-state index in [1.165, 1.54) is 6.07 Å². The molecule has 1 aromatic rings. The summed E-state index contributed by atoms with van der Waals surface area (Å²) in [5.74, 6) is 0. The smallest absolute Gasteiger partial charge is 0.292 e. The van der Waals surface area contributed by atoms with Crippen LogP contribution < -0.4 is 4.90 Å². The number of nitriles is 1. The van der Waals surface area contributed by atoms with E-state index in [9.17, 15) is 10.1 Å². The van der Waals surface area contributed by atoms with Gasteiger partial charge in [0.15, 0.2) is 0 Å². The van der Waals surface area contributed by atoms with Crippen molar-refractivity contribution in [1.82, 2.24) is 4.90 Å². The van der Waals surface area contributed by atoms with Crippen molar-refractivity contribution >= 4 is 27.3 Å². The van der Waals surface area contributed by atoms with E-state index in [4.69, 9.17) is 5.26 Å². The van der Waals surface area contributed by atoms with Crippen LogP contribution in [0.4, 0.5) is 11.4 Å². The molecular formula is C12H13BrN4O2. The quantitative estimate of drug-likeness (QED) is 0.483. The number of rotatable bonds is 3. The number of nitrogens with zero attached hydrogens (tertiary/aromatic N) is 4. The van der Waals surface area contributed by atoms with Crippen molar-refractivity contribution < 1.29 is 4.92 Å². The Morgan fingerprint density at radius 3 is 2.63 bits per heavy atom. The predicted octanol–water partition coefficient (Wildman–Crippen LogP) is 2.00. The zero-order valence-electron chi connectivity index (χ0n) is 10.3. The summed E-state index contributed by atoms with van der Waals surface area (Å²) >= 11 is 3.35. The van der Waals surface area contributed by atoms with Gasteiger partial charge >= 0.3 is 0 Å². The SMILES string of the molecule is N#CCN1CCN(c2cc(Br)ccc2[N+](=O)[O-])CC1. The lowest BCUT2D eigenvalue weighted by Gasteiger charge is -2.34. The highest BCUT2D eigenvalue weighted by Gasteiger charge is 2.23. The van der Waals surface area contributed by atoms with Crippen LogP contribution in [-0.2, 0) is 0 Å². The Bertz CT molecular complexity index is 521. The number of anilines is 1. The molecule has 1 saturated heterocycles. The lowest BCUT2D eigenvalue weighted by Crippen LogP contribution is -2.46. The summed E-state index contributed by atoms with van der Waals surface area (Å²) in [6.07, 6.45) is 0. The summed E-state index contributed by atoms with van der Waals surface area (Å²) in [6.45, 7) is 3.29. The molecule has 0 saturated carbocycles. The minimum atomic E-state index is -0.358. The van der Waals surface area contributed by atoms with Crippen LogP contribution in [0, 0.1) is 21.4 Å². The number of piperazine rings is 1. The fourth-order valence-electron chi connectivity index (χ4n) is 2.15. The molecule has 2 rings (SSSR count). The van der Waals surface area contributed by atoms with Crippen LogP contribution in [0.5, 0.6) is 0 Å². The van der Waals surface area contributed by atoms with E-state index >= 15 is 0 Å². The largest absolute Gasteiger partial charge is 0.363 e. The van der Waals surface area contributed by atoms with Gasteiger partial charge in [-0.2, -0.15) is 5.26 Å². The summed E-state index contributed by atoms with van der Waals surface area (Å²) in [7, 11) is 0. The third-order valence-electron chi connectivity index (χ3n) is 3.14. The van der Waals surface area contributed by atoms with E-state index in [1.54, 1.807) is 12.1 Å². The van der Waals surface area contributed by atoms with Crippen molar-refractivity contribution in [1.29, 1.82) is 5.26 Å². The second-order valence-electron chi connectivity index (χ2n) is 4.31. The molecule has 6 nitrogen and oxygen atoms in total. The van der Waals surface area contributed by atoms with Crippen LogP contribution in [-0.4, -0.2) is 42.5 Å². The number of benzene rings is 1. The van der Waals surface area contributed by atoms with E-state index in [1.807, 2.05) is 9.80 Å². The van der Waals surface area contributed by atoms with Gasteiger partial charge in [0, 0.05) is 36.7 Å². The molecule has 1 aliphatic rings. The van der Waals surface area contributed by atoms with E-state index in [0.29, 0.717) is 25.3 Å². The van der Waals surface area contributed by atoms with E-state index < -0.39 is 0 Å². The number of halogens is 1. The summed E-state index contributed by atoms with van der Waals surface area (Å²) in [4.78, 5) is 14.7. The molecule has 0 amide bonds. The van der Waals surface area contributed by atoms with Gasteiger partial charge in [-0.3, -0.25) is 15.0 Å². The van der Waals surface area contributed by atoms with Crippen LogP contribution in [0.25, 0.3) is 0 Å². The standard InChI is InChI=1S/C12H13BrN4O2/c13-10-1-2-11(17(18)19)12(9-10)16-7-5-15(4-3-14)6-8-16/h1-2,9H,4-8H2. The van der Waals surface area contributed by atoms with Crippen molar-refractivity contribution in [2.24, 2.45) is 0 Å². The fraction of sp³-hybridized carbons (Fsp3) is 0.417. The molecule has 7 heteroatoms. The van der Waals surface area contributed by atoms with Gasteiger partial charge < -0.3 is 4.90 Å². The minimum absolute atomic E-state index is 0.122. The van der Waals surface area contributed by atoms with Crippen molar-refractivity contribution in [2.75, 3.05) is 37.6 Å². The molecule has 1 aliphatic heterocycles. The Kier molecular flexibility index (Phi) is 4.35.